The van der Waals surface area contributed by atoms with Crippen LogP contribution in [-0.2, 0) is 9.13 Å². The van der Waals surface area contributed by atoms with Gasteiger partial charge in [-0.15, -0.1) is 23.2 Å². The van der Waals surface area contributed by atoms with Crippen LogP contribution >= 0.6 is 38.4 Å². The molecule has 2 unspecified atom stereocenters. The van der Waals surface area contributed by atoms with Crippen molar-refractivity contribution in [3.8, 4) is 0 Å². The standard InChI is InChI=1S/C9H10Cl2O6P2/c10-7-5-3-1-2-4-6(5)8(11)9(7,18(12,13)14)19(15,16)17/h1-4,7-8H,(H2,12,13,14)(H2,15,16,17). The highest BCUT2D eigenvalue weighted by Gasteiger charge is 2.72. The molecule has 0 saturated heterocycles. The van der Waals surface area contributed by atoms with Gasteiger partial charge in [0.2, 0.25) is 4.90 Å². The summed E-state index contributed by atoms with van der Waals surface area (Å²) in [5.74, 6) is 0. The zero-order chi connectivity index (χ0) is 14.6. The van der Waals surface area contributed by atoms with E-state index >= 15 is 0 Å². The van der Waals surface area contributed by atoms with E-state index in [9.17, 15) is 28.7 Å². The van der Waals surface area contributed by atoms with Gasteiger partial charge in [0.15, 0.2) is 0 Å². The Bertz CT molecular complexity index is 555. The van der Waals surface area contributed by atoms with Crippen LogP contribution in [-0.4, -0.2) is 24.5 Å². The Morgan fingerprint density at radius 3 is 1.47 bits per heavy atom. The van der Waals surface area contributed by atoms with Gasteiger partial charge in [0.05, 0.1) is 10.8 Å². The van der Waals surface area contributed by atoms with Gasteiger partial charge >= 0.3 is 15.2 Å². The van der Waals surface area contributed by atoms with Crippen molar-refractivity contribution in [1.82, 2.24) is 0 Å². The minimum Gasteiger partial charge on any atom is -0.323 e. The van der Waals surface area contributed by atoms with E-state index < -0.39 is 30.8 Å². The van der Waals surface area contributed by atoms with Crippen LogP contribution in [0.15, 0.2) is 24.3 Å². The lowest BCUT2D eigenvalue weighted by Gasteiger charge is -2.35. The first-order valence-electron chi connectivity index (χ1n) is 5.03. The normalized spacial score (nSPS) is 26.2. The third kappa shape index (κ3) is 1.95. The lowest BCUT2D eigenvalue weighted by atomic mass is 10.1. The maximum Gasteiger partial charge on any atom is 0.347 e. The average molecular weight is 347 g/mol. The predicted octanol–water partition coefficient (Wildman–Crippen LogP) is 2.31. The quantitative estimate of drug-likeness (QED) is 0.482. The van der Waals surface area contributed by atoms with Gasteiger partial charge in [-0.05, 0) is 11.1 Å². The fraction of sp³-hybridized carbons (Fsp3) is 0.333. The molecule has 2 rings (SSSR count). The van der Waals surface area contributed by atoms with E-state index in [4.69, 9.17) is 23.2 Å². The highest BCUT2D eigenvalue weighted by atomic mass is 35.5. The predicted molar refractivity (Wildman–Crippen MR) is 70.4 cm³/mol. The van der Waals surface area contributed by atoms with E-state index in [-0.39, 0.29) is 11.1 Å². The second-order valence-corrected chi connectivity index (χ2v) is 9.11. The van der Waals surface area contributed by atoms with Gasteiger partial charge < -0.3 is 19.6 Å². The Morgan fingerprint density at radius 1 is 0.895 bits per heavy atom. The molecule has 0 bridgehead atoms. The summed E-state index contributed by atoms with van der Waals surface area (Å²) in [7, 11) is -10.6. The molecule has 4 N–H and O–H groups in total. The minimum absolute atomic E-state index is 0.218. The number of hydrogen-bond donors (Lipinski definition) is 4. The number of rotatable bonds is 2. The lowest BCUT2D eigenvalue weighted by molar-refractivity contribution is 0.305. The summed E-state index contributed by atoms with van der Waals surface area (Å²) < 4.78 is 23.4. The van der Waals surface area contributed by atoms with Crippen LogP contribution in [0.1, 0.15) is 21.9 Å². The van der Waals surface area contributed by atoms with Crippen molar-refractivity contribution < 1.29 is 28.7 Å². The molecule has 1 aromatic rings. The Hall–Kier alpha value is 0.1000. The SMILES string of the molecule is O=P(O)(O)C1(P(=O)(O)O)C(Cl)c2ccccc2C1Cl. The molecule has 1 aliphatic carbocycles. The van der Waals surface area contributed by atoms with Crippen LogP contribution in [0, 0.1) is 0 Å². The van der Waals surface area contributed by atoms with Gasteiger partial charge in [0, 0.05) is 0 Å². The summed E-state index contributed by atoms with van der Waals surface area (Å²) in [4.78, 5) is 35.0. The number of halogens is 2. The van der Waals surface area contributed by atoms with Gasteiger partial charge in [-0.3, -0.25) is 9.13 Å². The zero-order valence-corrected chi connectivity index (χ0v) is 12.5. The van der Waals surface area contributed by atoms with Gasteiger partial charge in [-0.1, -0.05) is 24.3 Å². The van der Waals surface area contributed by atoms with Crippen LogP contribution in [0.3, 0.4) is 0 Å². The first-order chi connectivity index (χ1) is 8.55. The fourth-order valence-electron chi connectivity index (χ4n) is 2.32. The molecule has 0 aliphatic heterocycles. The summed E-state index contributed by atoms with van der Waals surface area (Å²) in [6.45, 7) is 0. The Kier molecular flexibility index (Phi) is 3.71. The van der Waals surface area contributed by atoms with Gasteiger partial charge in [0.1, 0.15) is 0 Å². The number of benzene rings is 1. The molecular weight excluding hydrogens is 337 g/mol. The van der Waals surface area contributed by atoms with Crippen LogP contribution in [0.25, 0.3) is 0 Å². The summed E-state index contributed by atoms with van der Waals surface area (Å²) >= 11 is 11.9. The van der Waals surface area contributed by atoms with Crippen molar-refractivity contribution >= 4 is 38.4 Å². The third-order valence-electron chi connectivity index (χ3n) is 3.22. The molecule has 0 fully saturated rings. The molecule has 6 nitrogen and oxygen atoms in total. The first kappa shape index (κ1) is 15.5. The largest absolute Gasteiger partial charge is 0.347 e. The van der Waals surface area contributed by atoms with Crippen molar-refractivity contribution in [2.75, 3.05) is 0 Å². The average Bonchev–Trinajstić information content (AvgIpc) is 2.48. The van der Waals surface area contributed by atoms with Crippen molar-refractivity contribution in [3.63, 3.8) is 0 Å². The molecule has 0 heterocycles. The van der Waals surface area contributed by atoms with E-state index in [0.717, 1.165) is 0 Å². The number of alkyl halides is 2. The molecule has 2 atom stereocenters. The summed E-state index contributed by atoms with van der Waals surface area (Å²) in [5.41, 5.74) is 0.437. The monoisotopic (exact) mass is 346 g/mol. The molecule has 0 radical (unpaired) electrons. The third-order valence-corrected chi connectivity index (χ3v) is 9.45. The van der Waals surface area contributed by atoms with Gasteiger partial charge in [0.25, 0.3) is 0 Å². The minimum atomic E-state index is -5.29. The van der Waals surface area contributed by atoms with Crippen molar-refractivity contribution in [1.29, 1.82) is 0 Å². The highest BCUT2D eigenvalue weighted by Crippen LogP contribution is 2.82. The molecule has 106 valence electrons. The van der Waals surface area contributed by atoms with Crippen LogP contribution in [0.2, 0.25) is 0 Å². The lowest BCUT2D eigenvalue weighted by Crippen LogP contribution is -2.33. The Balaban J connectivity index is 2.81. The molecule has 1 aromatic carbocycles. The summed E-state index contributed by atoms with van der Waals surface area (Å²) in [6.07, 6.45) is 0. The topological polar surface area (TPSA) is 115 Å². The highest BCUT2D eigenvalue weighted by molar-refractivity contribution is 7.73. The molecule has 0 spiro atoms. The van der Waals surface area contributed by atoms with E-state index in [1.807, 2.05) is 0 Å². The number of hydrogen-bond acceptors (Lipinski definition) is 2. The molecule has 1 aliphatic rings. The van der Waals surface area contributed by atoms with Gasteiger partial charge in [-0.25, -0.2) is 0 Å². The summed E-state index contributed by atoms with van der Waals surface area (Å²) in [6, 6.07) is 5.98. The fourth-order valence-corrected chi connectivity index (χ4v) is 7.65. The maximum atomic E-state index is 11.7. The van der Waals surface area contributed by atoms with Crippen LogP contribution in [0.4, 0.5) is 0 Å². The summed E-state index contributed by atoms with van der Waals surface area (Å²) in [5, 5.41) is -3.15. The van der Waals surface area contributed by atoms with Crippen molar-refractivity contribution in [2.45, 2.75) is 15.7 Å². The van der Waals surface area contributed by atoms with Crippen molar-refractivity contribution in [2.24, 2.45) is 0 Å². The maximum absolute atomic E-state index is 11.7. The molecule has 0 saturated carbocycles. The molecule has 0 amide bonds. The van der Waals surface area contributed by atoms with Crippen LogP contribution < -0.4 is 0 Å². The smallest absolute Gasteiger partial charge is 0.323 e. The molecule has 19 heavy (non-hydrogen) atoms. The van der Waals surface area contributed by atoms with Crippen LogP contribution in [0.5, 0.6) is 0 Å². The molecule has 10 heteroatoms. The molecular formula is C9H10Cl2O6P2. The van der Waals surface area contributed by atoms with E-state index in [1.54, 1.807) is 12.1 Å². The first-order valence-corrected chi connectivity index (χ1v) is 9.13. The van der Waals surface area contributed by atoms with Crippen molar-refractivity contribution in [3.05, 3.63) is 35.4 Å². The van der Waals surface area contributed by atoms with E-state index in [0.29, 0.717) is 0 Å². The second kappa shape index (κ2) is 4.55. The van der Waals surface area contributed by atoms with Gasteiger partial charge in [-0.2, -0.15) is 0 Å². The molecule has 0 aromatic heterocycles. The second-order valence-electron chi connectivity index (χ2n) is 4.23. The van der Waals surface area contributed by atoms with E-state index in [1.165, 1.54) is 12.1 Å². The zero-order valence-electron chi connectivity index (χ0n) is 9.22. The van der Waals surface area contributed by atoms with E-state index in [2.05, 4.69) is 0 Å². The Morgan fingerprint density at radius 2 is 1.21 bits per heavy atom. The number of fused-ring (bicyclic) bond motifs is 1. The Labute approximate surface area is 118 Å².